The fraction of sp³-hybridized carbons (Fsp3) is 0.0833. The Bertz CT molecular complexity index is 511. The Morgan fingerprint density at radius 1 is 1.35 bits per heavy atom. The van der Waals surface area contributed by atoms with Crippen LogP contribution in [0.15, 0.2) is 34.9 Å². The zero-order chi connectivity index (χ0) is 12.4. The SMILES string of the molecule is Cc1cc(N)ccc1Oc1ncc(Br)cc1Cl. The summed E-state index contributed by atoms with van der Waals surface area (Å²) in [5, 5.41) is 0.454. The van der Waals surface area contributed by atoms with E-state index in [1.165, 1.54) is 0 Å². The van der Waals surface area contributed by atoms with Crippen LogP contribution in [0.3, 0.4) is 0 Å². The molecule has 0 saturated carbocycles. The molecule has 88 valence electrons. The topological polar surface area (TPSA) is 48.1 Å². The van der Waals surface area contributed by atoms with Gasteiger partial charge in [-0.05, 0) is 52.7 Å². The lowest BCUT2D eigenvalue weighted by molar-refractivity contribution is 0.459. The molecule has 2 aromatic rings. The Balaban J connectivity index is 2.31. The standard InChI is InChI=1S/C12H10BrClN2O/c1-7-4-9(15)2-3-11(7)17-12-10(14)5-8(13)6-16-12/h2-6H,15H2,1H3. The predicted molar refractivity (Wildman–Crippen MR) is 72.6 cm³/mol. The Labute approximate surface area is 113 Å². The highest BCUT2D eigenvalue weighted by molar-refractivity contribution is 9.10. The molecule has 0 amide bonds. The van der Waals surface area contributed by atoms with Gasteiger partial charge in [0.25, 0.3) is 0 Å². The number of pyridine rings is 1. The van der Waals surface area contributed by atoms with Crippen molar-refractivity contribution in [2.75, 3.05) is 5.73 Å². The molecule has 1 aromatic heterocycles. The van der Waals surface area contributed by atoms with Crippen LogP contribution in [0, 0.1) is 6.92 Å². The normalized spacial score (nSPS) is 10.3. The first-order valence-electron chi connectivity index (χ1n) is 4.91. The van der Waals surface area contributed by atoms with Crippen LogP contribution in [0.5, 0.6) is 11.6 Å². The third-order valence-corrected chi connectivity index (χ3v) is 2.88. The Morgan fingerprint density at radius 2 is 2.12 bits per heavy atom. The maximum Gasteiger partial charge on any atom is 0.238 e. The second-order valence-electron chi connectivity index (χ2n) is 3.57. The highest BCUT2D eigenvalue weighted by atomic mass is 79.9. The monoisotopic (exact) mass is 312 g/mol. The number of aromatic nitrogens is 1. The van der Waals surface area contributed by atoms with Crippen molar-refractivity contribution in [2.24, 2.45) is 0 Å². The zero-order valence-electron chi connectivity index (χ0n) is 9.08. The van der Waals surface area contributed by atoms with E-state index in [4.69, 9.17) is 22.1 Å². The Hall–Kier alpha value is -1.26. The minimum atomic E-state index is 0.378. The molecule has 2 N–H and O–H groups in total. The molecule has 0 saturated heterocycles. The van der Waals surface area contributed by atoms with E-state index in [0.717, 1.165) is 10.0 Å². The minimum absolute atomic E-state index is 0.378. The molecule has 0 aliphatic carbocycles. The molecule has 1 aromatic carbocycles. The first-order chi connectivity index (χ1) is 8.06. The number of nitrogen functional groups attached to an aromatic ring is 1. The summed E-state index contributed by atoms with van der Waals surface area (Å²) in [6, 6.07) is 7.14. The molecule has 0 fully saturated rings. The van der Waals surface area contributed by atoms with E-state index in [9.17, 15) is 0 Å². The average molecular weight is 314 g/mol. The number of benzene rings is 1. The molecule has 0 atom stereocenters. The van der Waals surface area contributed by atoms with Crippen molar-refractivity contribution in [2.45, 2.75) is 6.92 Å². The van der Waals surface area contributed by atoms with Crippen LogP contribution in [0.4, 0.5) is 5.69 Å². The molecule has 0 bridgehead atoms. The molecular weight excluding hydrogens is 304 g/mol. The summed E-state index contributed by atoms with van der Waals surface area (Å²) in [5.74, 6) is 1.07. The van der Waals surface area contributed by atoms with Gasteiger partial charge >= 0.3 is 0 Å². The van der Waals surface area contributed by atoms with Gasteiger partial charge in [-0.1, -0.05) is 11.6 Å². The van der Waals surface area contributed by atoms with Crippen LogP contribution in [-0.4, -0.2) is 4.98 Å². The largest absolute Gasteiger partial charge is 0.437 e. The van der Waals surface area contributed by atoms with Gasteiger partial charge in [0.1, 0.15) is 10.8 Å². The van der Waals surface area contributed by atoms with Gasteiger partial charge in [0.15, 0.2) is 0 Å². The van der Waals surface area contributed by atoms with E-state index < -0.39 is 0 Å². The lowest BCUT2D eigenvalue weighted by Gasteiger charge is -2.09. The smallest absolute Gasteiger partial charge is 0.238 e. The number of nitrogens with zero attached hydrogens (tertiary/aromatic N) is 1. The molecular formula is C12H10BrClN2O. The van der Waals surface area contributed by atoms with Crippen molar-refractivity contribution in [1.29, 1.82) is 0 Å². The summed E-state index contributed by atoms with van der Waals surface area (Å²) in [7, 11) is 0. The second-order valence-corrected chi connectivity index (χ2v) is 4.89. The summed E-state index contributed by atoms with van der Waals surface area (Å²) in [6.07, 6.45) is 1.63. The number of ether oxygens (including phenoxy) is 1. The highest BCUT2D eigenvalue weighted by Gasteiger charge is 2.07. The molecule has 0 aliphatic rings. The van der Waals surface area contributed by atoms with Crippen LogP contribution < -0.4 is 10.5 Å². The van der Waals surface area contributed by atoms with Gasteiger partial charge in [-0.2, -0.15) is 0 Å². The lowest BCUT2D eigenvalue weighted by atomic mass is 10.2. The van der Waals surface area contributed by atoms with E-state index in [1.807, 2.05) is 13.0 Å². The molecule has 5 heteroatoms. The van der Waals surface area contributed by atoms with E-state index >= 15 is 0 Å². The van der Waals surface area contributed by atoms with Crippen LogP contribution in [0.25, 0.3) is 0 Å². The molecule has 0 unspecified atom stereocenters. The highest BCUT2D eigenvalue weighted by Crippen LogP contribution is 2.31. The molecule has 17 heavy (non-hydrogen) atoms. The maximum absolute atomic E-state index is 6.02. The fourth-order valence-electron chi connectivity index (χ4n) is 1.37. The number of anilines is 1. The van der Waals surface area contributed by atoms with E-state index in [-0.39, 0.29) is 0 Å². The summed E-state index contributed by atoms with van der Waals surface area (Å²) >= 11 is 9.31. The van der Waals surface area contributed by atoms with Crippen molar-refractivity contribution < 1.29 is 4.74 Å². The maximum atomic E-state index is 6.02. The van der Waals surface area contributed by atoms with Gasteiger partial charge in [0, 0.05) is 16.4 Å². The van der Waals surface area contributed by atoms with Gasteiger partial charge < -0.3 is 10.5 Å². The van der Waals surface area contributed by atoms with Gasteiger partial charge in [-0.15, -0.1) is 0 Å². The third-order valence-electron chi connectivity index (χ3n) is 2.18. The first-order valence-corrected chi connectivity index (χ1v) is 6.08. The number of halogens is 2. The molecule has 0 radical (unpaired) electrons. The number of nitrogens with two attached hydrogens (primary N) is 1. The first kappa shape index (κ1) is 12.2. The molecule has 3 nitrogen and oxygen atoms in total. The average Bonchev–Trinajstić information content (AvgIpc) is 2.25. The number of hydrogen-bond acceptors (Lipinski definition) is 3. The van der Waals surface area contributed by atoms with Crippen molar-refractivity contribution in [1.82, 2.24) is 4.98 Å². The Kier molecular flexibility index (Phi) is 3.54. The minimum Gasteiger partial charge on any atom is -0.437 e. The molecule has 0 spiro atoms. The quantitative estimate of drug-likeness (QED) is 0.846. The summed E-state index contributed by atoms with van der Waals surface area (Å²) in [5.41, 5.74) is 7.30. The zero-order valence-corrected chi connectivity index (χ0v) is 11.4. The van der Waals surface area contributed by atoms with E-state index in [0.29, 0.717) is 22.3 Å². The van der Waals surface area contributed by atoms with Crippen molar-refractivity contribution in [3.05, 3.63) is 45.5 Å². The molecule has 1 heterocycles. The van der Waals surface area contributed by atoms with Gasteiger partial charge in [-0.25, -0.2) is 4.98 Å². The van der Waals surface area contributed by atoms with E-state index in [1.54, 1.807) is 24.4 Å². The summed E-state index contributed by atoms with van der Waals surface area (Å²) in [4.78, 5) is 4.10. The number of aryl methyl sites for hydroxylation is 1. The van der Waals surface area contributed by atoms with Gasteiger partial charge in [0.05, 0.1) is 0 Å². The summed E-state index contributed by atoms with van der Waals surface area (Å²) in [6.45, 7) is 1.92. The van der Waals surface area contributed by atoms with Crippen molar-refractivity contribution >= 4 is 33.2 Å². The second kappa shape index (κ2) is 4.94. The van der Waals surface area contributed by atoms with Crippen molar-refractivity contribution in [3.63, 3.8) is 0 Å². The fourth-order valence-corrected chi connectivity index (χ4v) is 2.04. The molecule has 2 rings (SSSR count). The van der Waals surface area contributed by atoms with Crippen molar-refractivity contribution in [3.8, 4) is 11.6 Å². The lowest BCUT2D eigenvalue weighted by Crippen LogP contribution is -1.93. The Morgan fingerprint density at radius 3 is 2.76 bits per heavy atom. The van der Waals surface area contributed by atoms with Crippen LogP contribution in [-0.2, 0) is 0 Å². The van der Waals surface area contributed by atoms with Crippen LogP contribution in [0.1, 0.15) is 5.56 Å². The summed E-state index contributed by atoms with van der Waals surface area (Å²) < 4.78 is 6.44. The number of hydrogen-bond donors (Lipinski definition) is 1. The molecule has 0 aliphatic heterocycles. The van der Waals surface area contributed by atoms with Gasteiger partial charge in [-0.3, -0.25) is 0 Å². The number of rotatable bonds is 2. The van der Waals surface area contributed by atoms with Crippen LogP contribution in [0.2, 0.25) is 5.02 Å². The van der Waals surface area contributed by atoms with Crippen LogP contribution >= 0.6 is 27.5 Å². The third kappa shape index (κ3) is 2.90. The predicted octanol–water partition coefficient (Wildman–Crippen LogP) is 4.18. The van der Waals surface area contributed by atoms with E-state index in [2.05, 4.69) is 20.9 Å². The van der Waals surface area contributed by atoms with Gasteiger partial charge in [0.2, 0.25) is 5.88 Å².